The van der Waals surface area contributed by atoms with Crippen molar-refractivity contribution in [3.63, 3.8) is 0 Å². The summed E-state index contributed by atoms with van der Waals surface area (Å²) in [5, 5.41) is 0. The number of ether oxygens (including phenoxy) is 1. The van der Waals surface area contributed by atoms with Crippen molar-refractivity contribution in [2.45, 2.75) is 32.7 Å². The Balaban J connectivity index is 1.87. The highest BCUT2D eigenvalue weighted by Crippen LogP contribution is 2.23. The number of methoxy groups -OCH3 is 1. The van der Waals surface area contributed by atoms with Crippen LogP contribution in [0.3, 0.4) is 0 Å². The highest BCUT2D eigenvalue weighted by atomic mass is 16.5. The molecule has 26 heavy (non-hydrogen) atoms. The molecule has 3 rings (SSSR count). The smallest absolute Gasteiger partial charge is 0.347 e. The molecule has 0 unspecified atom stereocenters. The zero-order chi connectivity index (χ0) is 18.7. The maximum absolute atomic E-state index is 12.2. The predicted octanol–water partition coefficient (Wildman–Crippen LogP) is 4.26. The van der Waals surface area contributed by atoms with E-state index in [0.717, 1.165) is 22.4 Å². The van der Waals surface area contributed by atoms with Crippen LogP contribution in [0.4, 0.5) is 0 Å². The maximum Gasteiger partial charge on any atom is 0.347 e. The minimum atomic E-state index is -0.248. The quantitative estimate of drug-likeness (QED) is 0.707. The second-order valence-electron chi connectivity index (χ2n) is 7.43. The van der Waals surface area contributed by atoms with E-state index in [2.05, 4.69) is 50.0 Å². The van der Waals surface area contributed by atoms with E-state index in [9.17, 15) is 4.79 Å². The molecule has 4 heteroatoms. The van der Waals surface area contributed by atoms with Crippen LogP contribution in [0.5, 0.6) is 5.75 Å². The number of nitrogens with zero attached hydrogens (tertiary/aromatic N) is 2. The fourth-order valence-electron chi connectivity index (χ4n) is 2.81. The molecule has 0 saturated carbocycles. The number of hydrogen-bond acceptors (Lipinski definition) is 3. The van der Waals surface area contributed by atoms with E-state index in [0.29, 0.717) is 6.54 Å². The van der Waals surface area contributed by atoms with Crippen molar-refractivity contribution in [2.24, 2.45) is 0 Å². The predicted molar refractivity (Wildman–Crippen MR) is 105 cm³/mol. The molecule has 0 fully saturated rings. The van der Waals surface area contributed by atoms with Crippen molar-refractivity contribution in [1.82, 2.24) is 9.55 Å². The van der Waals surface area contributed by atoms with Gasteiger partial charge in [0, 0.05) is 18.0 Å². The van der Waals surface area contributed by atoms with Crippen LogP contribution in [0.25, 0.3) is 11.1 Å². The molecule has 3 aromatic rings. The lowest BCUT2D eigenvalue weighted by Crippen LogP contribution is -2.22. The van der Waals surface area contributed by atoms with Crippen molar-refractivity contribution >= 4 is 0 Å². The van der Waals surface area contributed by atoms with Gasteiger partial charge in [0.2, 0.25) is 0 Å². The zero-order valence-electron chi connectivity index (χ0n) is 15.7. The topological polar surface area (TPSA) is 44.1 Å². The third kappa shape index (κ3) is 4.02. The summed E-state index contributed by atoms with van der Waals surface area (Å²) in [5.74, 6) is 0.800. The number of aromatic nitrogens is 2. The first-order valence-corrected chi connectivity index (χ1v) is 8.67. The Morgan fingerprint density at radius 2 is 1.62 bits per heavy atom. The van der Waals surface area contributed by atoms with Gasteiger partial charge in [0.05, 0.1) is 13.7 Å². The van der Waals surface area contributed by atoms with Crippen LogP contribution in [0.2, 0.25) is 0 Å². The summed E-state index contributed by atoms with van der Waals surface area (Å²) in [7, 11) is 1.64. The Kier molecular flexibility index (Phi) is 4.94. The average Bonchev–Trinajstić information content (AvgIpc) is 2.63. The Labute approximate surface area is 154 Å². The van der Waals surface area contributed by atoms with Gasteiger partial charge in [0.1, 0.15) is 5.75 Å². The molecule has 4 nitrogen and oxygen atoms in total. The third-order valence-corrected chi connectivity index (χ3v) is 4.45. The molecule has 0 radical (unpaired) electrons. The Morgan fingerprint density at radius 1 is 0.962 bits per heavy atom. The molecule has 0 atom stereocenters. The van der Waals surface area contributed by atoms with Crippen molar-refractivity contribution in [2.75, 3.05) is 7.11 Å². The molecule has 0 aliphatic heterocycles. The summed E-state index contributed by atoms with van der Waals surface area (Å²) in [5.41, 5.74) is 4.12. The van der Waals surface area contributed by atoms with Crippen LogP contribution in [0.15, 0.2) is 65.7 Å². The highest BCUT2D eigenvalue weighted by Gasteiger charge is 2.13. The Morgan fingerprint density at radius 3 is 2.19 bits per heavy atom. The highest BCUT2D eigenvalue weighted by molar-refractivity contribution is 5.62. The van der Waals surface area contributed by atoms with E-state index in [4.69, 9.17) is 4.74 Å². The van der Waals surface area contributed by atoms with Gasteiger partial charge in [0.15, 0.2) is 0 Å². The summed E-state index contributed by atoms with van der Waals surface area (Å²) in [4.78, 5) is 16.2. The second kappa shape index (κ2) is 7.16. The van der Waals surface area contributed by atoms with Gasteiger partial charge in [-0.3, -0.25) is 4.57 Å². The van der Waals surface area contributed by atoms with E-state index >= 15 is 0 Å². The molecule has 0 amide bonds. The number of benzene rings is 2. The summed E-state index contributed by atoms with van der Waals surface area (Å²) < 4.78 is 6.83. The van der Waals surface area contributed by atoms with Gasteiger partial charge in [-0.05, 0) is 34.2 Å². The lowest BCUT2D eigenvalue weighted by molar-refractivity contribution is 0.415. The minimum absolute atomic E-state index is 0.116. The molecular weight excluding hydrogens is 324 g/mol. The summed E-state index contributed by atoms with van der Waals surface area (Å²) >= 11 is 0. The zero-order valence-corrected chi connectivity index (χ0v) is 15.7. The van der Waals surface area contributed by atoms with Crippen LogP contribution in [-0.4, -0.2) is 16.7 Å². The fourth-order valence-corrected chi connectivity index (χ4v) is 2.81. The van der Waals surface area contributed by atoms with Gasteiger partial charge in [-0.25, -0.2) is 9.78 Å². The van der Waals surface area contributed by atoms with E-state index in [1.165, 1.54) is 5.56 Å². The van der Waals surface area contributed by atoms with E-state index in [-0.39, 0.29) is 11.1 Å². The number of hydrogen-bond donors (Lipinski definition) is 0. The summed E-state index contributed by atoms with van der Waals surface area (Å²) in [6.45, 7) is 7.07. The van der Waals surface area contributed by atoms with Crippen LogP contribution in [-0.2, 0) is 12.0 Å². The number of rotatable bonds is 4. The van der Waals surface area contributed by atoms with Gasteiger partial charge >= 0.3 is 5.69 Å². The van der Waals surface area contributed by atoms with Gasteiger partial charge in [0.25, 0.3) is 0 Å². The normalized spacial score (nSPS) is 11.4. The first-order chi connectivity index (χ1) is 12.4. The molecule has 0 N–H and O–H groups in total. The average molecular weight is 348 g/mol. The van der Waals surface area contributed by atoms with Crippen LogP contribution in [0.1, 0.15) is 31.9 Å². The van der Waals surface area contributed by atoms with Crippen molar-refractivity contribution in [3.8, 4) is 16.9 Å². The van der Waals surface area contributed by atoms with Crippen molar-refractivity contribution in [3.05, 3.63) is 82.5 Å². The Hall–Kier alpha value is -2.88. The lowest BCUT2D eigenvalue weighted by atomic mass is 9.87. The van der Waals surface area contributed by atoms with Crippen LogP contribution < -0.4 is 10.4 Å². The maximum atomic E-state index is 12.2. The van der Waals surface area contributed by atoms with E-state index in [1.54, 1.807) is 17.9 Å². The SMILES string of the molecule is COc1ccc(-c2cnc(=O)n(Cc3ccc(C(C)(C)C)cc3)c2)cc1. The standard InChI is InChI=1S/C22H24N2O2/c1-22(2,3)19-9-5-16(6-10-19)14-24-15-18(13-23-21(24)25)17-7-11-20(26-4)12-8-17/h5-13,15H,14H2,1-4H3. The molecule has 0 spiro atoms. The van der Waals surface area contributed by atoms with Gasteiger partial charge in [-0.2, -0.15) is 0 Å². The van der Waals surface area contributed by atoms with E-state index in [1.807, 2.05) is 30.5 Å². The molecule has 0 aliphatic carbocycles. The molecule has 0 bridgehead atoms. The lowest BCUT2D eigenvalue weighted by Gasteiger charge is -2.19. The third-order valence-electron chi connectivity index (χ3n) is 4.45. The molecule has 134 valence electrons. The molecule has 1 heterocycles. The molecular formula is C22H24N2O2. The minimum Gasteiger partial charge on any atom is -0.497 e. The second-order valence-corrected chi connectivity index (χ2v) is 7.43. The summed E-state index contributed by atoms with van der Waals surface area (Å²) in [6, 6.07) is 16.1. The van der Waals surface area contributed by atoms with Gasteiger partial charge in [-0.1, -0.05) is 57.2 Å². The monoisotopic (exact) mass is 348 g/mol. The fraction of sp³-hybridized carbons (Fsp3) is 0.273. The first kappa shape index (κ1) is 17.9. The summed E-state index contributed by atoms with van der Waals surface area (Å²) in [6.07, 6.45) is 3.47. The first-order valence-electron chi connectivity index (χ1n) is 8.67. The van der Waals surface area contributed by atoms with Gasteiger partial charge in [-0.15, -0.1) is 0 Å². The molecule has 0 aliphatic rings. The molecule has 0 saturated heterocycles. The van der Waals surface area contributed by atoms with Crippen molar-refractivity contribution < 1.29 is 4.74 Å². The van der Waals surface area contributed by atoms with Crippen LogP contribution >= 0.6 is 0 Å². The van der Waals surface area contributed by atoms with Crippen LogP contribution in [0, 0.1) is 0 Å². The van der Waals surface area contributed by atoms with Crippen molar-refractivity contribution in [1.29, 1.82) is 0 Å². The molecule has 2 aromatic carbocycles. The van der Waals surface area contributed by atoms with E-state index < -0.39 is 0 Å². The largest absolute Gasteiger partial charge is 0.497 e. The van der Waals surface area contributed by atoms with Gasteiger partial charge < -0.3 is 4.74 Å². The Bertz CT molecular complexity index is 934. The molecule has 1 aromatic heterocycles.